The van der Waals surface area contributed by atoms with Crippen LogP contribution in [0.4, 0.5) is 0 Å². The quantitative estimate of drug-likeness (QED) is 0.688. The summed E-state index contributed by atoms with van der Waals surface area (Å²) in [5, 5.41) is 5.67. The molecule has 0 aliphatic carbocycles. The van der Waals surface area contributed by atoms with Gasteiger partial charge in [-0.2, -0.15) is 0 Å². The Labute approximate surface area is 97.1 Å². The van der Waals surface area contributed by atoms with Crippen molar-refractivity contribution in [1.29, 1.82) is 0 Å². The summed E-state index contributed by atoms with van der Waals surface area (Å²) < 4.78 is 0. The lowest BCUT2D eigenvalue weighted by atomic mass is 10.1. The first kappa shape index (κ1) is 12.7. The van der Waals surface area contributed by atoms with Crippen LogP contribution in [0.3, 0.4) is 0 Å². The number of hydrogen-bond donors (Lipinski definition) is 1. The average molecular weight is 226 g/mol. The molecule has 0 aliphatic heterocycles. The van der Waals surface area contributed by atoms with Crippen LogP contribution in [-0.2, 0) is 6.42 Å². The molecule has 2 nitrogen and oxygen atoms in total. The highest BCUT2D eigenvalue weighted by atomic mass is 32.1. The first-order valence-corrected chi connectivity index (χ1v) is 6.87. The summed E-state index contributed by atoms with van der Waals surface area (Å²) in [6.45, 7) is 5.58. The van der Waals surface area contributed by atoms with Crippen LogP contribution in [0.2, 0.25) is 0 Å². The molecule has 1 heterocycles. The summed E-state index contributed by atoms with van der Waals surface area (Å²) in [5.41, 5.74) is 3.12. The fourth-order valence-corrected chi connectivity index (χ4v) is 2.20. The van der Waals surface area contributed by atoms with Gasteiger partial charge in [0.1, 0.15) is 0 Å². The van der Waals surface area contributed by atoms with Crippen molar-refractivity contribution in [1.82, 2.24) is 10.3 Å². The van der Waals surface area contributed by atoms with E-state index in [9.17, 15) is 0 Å². The van der Waals surface area contributed by atoms with Crippen LogP contribution >= 0.6 is 11.3 Å². The number of aromatic nitrogens is 1. The maximum absolute atomic E-state index is 4.27. The van der Waals surface area contributed by atoms with E-state index in [4.69, 9.17) is 0 Å². The normalized spacial score (nSPS) is 12.9. The number of nitrogens with zero attached hydrogens (tertiary/aromatic N) is 1. The lowest BCUT2D eigenvalue weighted by Gasteiger charge is -2.12. The van der Waals surface area contributed by atoms with Gasteiger partial charge in [-0.3, -0.25) is 0 Å². The van der Waals surface area contributed by atoms with Crippen molar-refractivity contribution in [3.05, 3.63) is 16.6 Å². The second kappa shape index (κ2) is 7.83. The molecular formula is C12H22N2S. The summed E-state index contributed by atoms with van der Waals surface area (Å²) >= 11 is 1.68. The molecule has 0 radical (unpaired) electrons. The number of thiazole rings is 1. The zero-order valence-corrected chi connectivity index (χ0v) is 10.6. The van der Waals surface area contributed by atoms with Gasteiger partial charge >= 0.3 is 0 Å². The van der Waals surface area contributed by atoms with E-state index in [2.05, 4.69) is 29.5 Å². The van der Waals surface area contributed by atoms with Gasteiger partial charge < -0.3 is 5.32 Å². The molecule has 86 valence electrons. The van der Waals surface area contributed by atoms with Gasteiger partial charge in [0.15, 0.2) is 0 Å². The Kier molecular flexibility index (Phi) is 6.60. The molecule has 0 amide bonds. The molecule has 1 rings (SSSR count). The number of hydrogen-bond acceptors (Lipinski definition) is 3. The fraction of sp³-hybridized carbons (Fsp3) is 0.750. The summed E-state index contributed by atoms with van der Waals surface area (Å²) in [6, 6.07) is 0.648. The van der Waals surface area contributed by atoms with Crippen molar-refractivity contribution in [2.75, 3.05) is 6.54 Å². The smallest absolute Gasteiger partial charge is 0.0794 e. The minimum atomic E-state index is 0.648. The Balaban J connectivity index is 1.99. The van der Waals surface area contributed by atoms with Crippen LogP contribution in [0, 0.1) is 0 Å². The number of unbranched alkanes of at least 4 members (excludes halogenated alkanes) is 2. The van der Waals surface area contributed by atoms with E-state index in [-0.39, 0.29) is 0 Å². The zero-order valence-electron chi connectivity index (χ0n) is 9.83. The van der Waals surface area contributed by atoms with Crippen LogP contribution in [0.1, 0.15) is 45.2 Å². The molecule has 3 heteroatoms. The first-order valence-electron chi connectivity index (χ1n) is 5.93. The van der Waals surface area contributed by atoms with E-state index in [0.717, 1.165) is 13.0 Å². The fourth-order valence-electron chi connectivity index (χ4n) is 1.61. The number of rotatable bonds is 8. The van der Waals surface area contributed by atoms with Crippen molar-refractivity contribution in [2.45, 2.75) is 52.0 Å². The van der Waals surface area contributed by atoms with Gasteiger partial charge in [0.25, 0.3) is 0 Å². The van der Waals surface area contributed by atoms with E-state index in [1.807, 2.05) is 5.51 Å². The van der Waals surface area contributed by atoms with Crippen LogP contribution in [0.5, 0.6) is 0 Å². The third-order valence-corrected chi connectivity index (χ3v) is 3.23. The van der Waals surface area contributed by atoms with Gasteiger partial charge in [-0.25, -0.2) is 4.98 Å². The molecule has 0 bridgehead atoms. The third kappa shape index (κ3) is 5.90. The Hall–Kier alpha value is -0.410. The molecular weight excluding hydrogens is 204 g/mol. The Morgan fingerprint density at radius 2 is 2.33 bits per heavy atom. The minimum absolute atomic E-state index is 0.648. The van der Waals surface area contributed by atoms with Crippen LogP contribution in [0.25, 0.3) is 0 Å². The molecule has 1 aromatic heterocycles. The largest absolute Gasteiger partial charge is 0.314 e. The van der Waals surface area contributed by atoms with E-state index in [1.54, 1.807) is 11.3 Å². The highest BCUT2D eigenvalue weighted by molar-refractivity contribution is 7.07. The Bertz CT molecular complexity index is 234. The molecule has 0 fully saturated rings. The van der Waals surface area contributed by atoms with Gasteiger partial charge in [-0.05, 0) is 13.3 Å². The van der Waals surface area contributed by atoms with Crippen molar-refractivity contribution < 1.29 is 0 Å². The van der Waals surface area contributed by atoms with Gasteiger partial charge in [0, 0.05) is 24.4 Å². The molecule has 1 atom stereocenters. The molecule has 0 saturated heterocycles. The molecule has 0 saturated carbocycles. The summed E-state index contributed by atoms with van der Waals surface area (Å²) in [7, 11) is 0. The maximum Gasteiger partial charge on any atom is 0.0794 e. The predicted octanol–water partition coefficient (Wildman–Crippen LogP) is 3.24. The van der Waals surface area contributed by atoms with Gasteiger partial charge in [0.2, 0.25) is 0 Å². The average Bonchev–Trinajstić information content (AvgIpc) is 2.71. The van der Waals surface area contributed by atoms with Crippen molar-refractivity contribution in [2.24, 2.45) is 0 Å². The van der Waals surface area contributed by atoms with E-state index in [1.165, 1.54) is 31.4 Å². The first-order chi connectivity index (χ1) is 7.33. The van der Waals surface area contributed by atoms with Gasteiger partial charge in [0.05, 0.1) is 11.2 Å². The van der Waals surface area contributed by atoms with Crippen LogP contribution in [0.15, 0.2) is 10.9 Å². The summed E-state index contributed by atoms with van der Waals surface area (Å²) in [4.78, 5) is 4.27. The molecule has 0 aromatic carbocycles. The van der Waals surface area contributed by atoms with Crippen LogP contribution < -0.4 is 5.32 Å². The van der Waals surface area contributed by atoms with E-state index in [0.29, 0.717) is 6.04 Å². The van der Waals surface area contributed by atoms with Crippen LogP contribution in [-0.4, -0.2) is 17.6 Å². The molecule has 0 aliphatic rings. The van der Waals surface area contributed by atoms with Crippen molar-refractivity contribution in [3.63, 3.8) is 0 Å². The third-order valence-electron chi connectivity index (χ3n) is 2.60. The lowest BCUT2D eigenvalue weighted by Crippen LogP contribution is -2.28. The molecule has 1 unspecified atom stereocenters. The van der Waals surface area contributed by atoms with Gasteiger partial charge in [-0.1, -0.05) is 26.2 Å². The number of nitrogens with one attached hydrogen (secondary N) is 1. The molecule has 0 spiro atoms. The predicted molar refractivity (Wildman–Crippen MR) is 67.4 cm³/mol. The van der Waals surface area contributed by atoms with Gasteiger partial charge in [-0.15, -0.1) is 11.3 Å². The highest BCUT2D eigenvalue weighted by Crippen LogP contribution is 2.04. The van der Waals surface area contributed by atoms with Crippen molar-refractivity contribution >= 4 is 11.3 Å². The zero-order chi connectivity index (χ0) is 10.9. The molecule has 15 heavy (non-hydrogen) atoms. The lowest BCUT2D eigenvalue weighted by molar-refractivity contribution is 0.490. The maximum atomic E-state index is 4.27. The minimum Gasteiger partial charge on any atom is -0.314 e. The van der Waals surface area contributed by atoms with E-state index >= 15 is 0 Å². The summed E-state index contributed by atoms with van der Waals surface area (Å²) in [6.07, 6.45) is 6.37. The van der Waals surface area contributed by atoms with E-state index < -0.39 is 0 Å². The molecule has 1 aromatic rings. The van der Waals surface area contributed by atoms with Crippen molar-refractivity contribution in [3.8, 4) is 0 Å². The standard InChI is InChI=1S/C12H22N2S/c1-3-4-5-6-11(2)13-8-7-12-9-15-10-14-12/h9-11,13H,3-8H2,1-2H3. The topological polar surface area (TPSA) is 24.9 Å². The summed E-state index contributed by atoms with van der Waals surface area (Å²) in [5.74, 6) is 0. The Morgan fingerprint density at radius 3 is 3.00 bits per heavy atom. The second-order valence-electron chi connectivity index (χ2n) is 4.08. The highest BCUT2D eigenvalue weighted by Gasteiger charge is 2.01. The SMILES string of the molecule is CCCCCC(C)NCCc1cscn1. The Morgan fingerprint density at radius 1 is 1.47 bits per heavy atom. The molecule has 1 N–H and O–H groups in total. The second-order valence-corrected chi connectivity index (χ2v) is 4.80. The monoisotopic (exact) mass is 226 g/mol.